The van der Waals surface area contributed by atoms with Crippen LogP contribution in [-0.4, -0.2) is 29.3 Å². The Bertz CT molecular complexity index is 893. The molecule has 0 saturated heterocycles. The zero-order valence-corrected chi connectivity index (χ0v) is 15.3. The van der Waals surface area contributed by atoms with E-state index in [4.69, 9.17) is 9.47 Å². The highest BCUT2D eigenvalue weighted by Gasteiger charge is 2.08. The maximum Gasteiger partial charge on any atom is 0.255 e. The van der Waals surface area contributed by atoms with E-state index in [1.165, 1.54) is 0 Å². The number of carbonyl (C=O) groups is 1. The molecule has 138 valence electrons. The summed E-state index contributed by atoms with van der Waals surface area (Å²) in [6.07, 6.45) is 0. The molecule has 1 heterocycles. The van der Waals surface area contributed by atoms with Gasteiger partial charge in [-0.05, 0) is 56.3 Å². The van der Waals surface area contributed by atoms with E-state index in [-0.39, 0.29) is 5.91 Å². The van der Waals surface area contributed by atoms with Gasteiger partial charge in [0, 0.05) is 22.9 Å². The second kappa shape index (κ2) is 8.80. The first-order valence-electron chi connectivity index (χ1n) is 8.80. The Hall–Kier alpha value is -3.41. The van der Waals surface area contributed by atoms with E-state index in [9.17, 15) is 4.79 Å². The summed E-state index contributed by atoms with van der Waals surface area (Å²) in [5.41, 5.74) is 2.80. The van der Waals surface area contributed by atoms with Crippen LogP contribution in [0.5, 0.6) is 11.6 Å². The summed E-state index contributed by atoms with van der Waals surface area (Å²) in [6, 6.07) is 18.1. The van der Waals surface area contributed by atoms with E-state index in [1.54, 1.807) is 30.3 Å². The maximum atomic E-state index is 12.5. The first-order chi connectivity index (χ1) is 13.2. The molecule has 0 saturated carbocycles. The zero-order chi connectivity index (χ0) is 19.1. The molecule has 27 heavy (non-hydrogen) atoms. The number of ether oxygens (including phenoxy) is 2. The molecule has 0 fully saturated rings. The minimum atomic E-state index is -0.187. The molecule has 0 unspecified atom stereocenters. The van der Waals surface area contributed by atoms with Crippen molar-refractivity contribution in [3.8, 4) is 22.9 Å². The van der Waals surface area contributed by atoms with Crippen LogP contribution in [0.4, 0.5) is 5.69 Å². The van der Waals surface area contributed by atoms with Crippen molar-refractivity contribution in [2.45, 2.75) is 13.8 Å². The van der Waals surface area contributed by atoms with E-state index in [1.807, 2.05) is 44.2 Å². The summed E-state index contributed by atoms with van der Waals surface area (Å²) < 4.78 is 10.7. The van der Waals surface area contributed by atoms with Gasteiger partial charge in [0.1, 0.15) is 5.75 Å². The summed E-state index contributed by atoms with van der Waals surface area (Å²) in [6.45, 7) is 4.95. The highest BCUT2D eigenvalue weighted by molar-refractivity contribution is 6.04. The fourth-order valence-electron chi connectivity index (χ4n) is 2.53. The van der Waals surface area contributed by atoms with Crippen LogP contribution >= 0.6 is 0 Å². The minimum Gasteiger partial charge on any atom is -0.494 e. The molecule has 0 atom stereocenters. The van der Waals surface area contributed by atoms with E-state index in [0.29, 0.717) is 36.0 Å². The Balaban J connectivity index is 1.72. The number of benzene rings is 2. The number of hydrogen-bond acceptors (Lipinski definition) is 5. The van der Waals surface area contributed by atoms with Gasteiger partial charge >= 0.3 is 0 Å². The summed E-state index contributed by atoms with van der Waals surface area (Å²) in [5.74, 6) is 1.04. The molecular weight excluding hydrogens is 342 g/mol. The average Bonchev–Trinajstić information content (AvgIpc) is 2.70. The highest BCUT2D eigenvalue weighted by atomic mass is 16.5. The predicted octanol–water partition coefficient (Wildman–Crippen LogP) is 4.19. The van der Waals surface area contributed by atoms with Crippen molar-refractivity contribution in [3.63, 3.8) is 0 Å². The largest absolute Gasteiger partial charge is 0.494 e. The first kappa shape index (κ1) is 18.4. The van der Waals surface area contributed by atoms with Crippen LogP contribution in [-0.2, 0) is 0 Å². The SMILES string of the molecule is CCOc1ccc(C(=O)Nc2cccc(-c3ccc(OCC)nn3)c2)cc1. The third-order valence-electron chi connectivity index (χ3n) is 3.78. The number of amides is 1. The lowest BCUT2D eigenvalue weighted by molar-refractivity contribution is 0.102. The van der Waals surface area contributed by atoms with Gasteiger partial charge in [0.2, 0.25) is 5.88 Å². The molecule has 0 radical (unpaired) electrons. The lowest BCUT2D eigenvalue weighted by atomic mass is 10.1. The molecule has 1 aromatic heterocycles. The van der Waals surface area contributed by atoms with E-state index in [2.05, 4.69) is 15.5 Å². The van der Waals surface area contributed by atoms with Gasteiger partial charge in [0.25, 0.3) is 5.91 Å². The van der Waals surface area contributed by atoms with Crippen molar-refractivity contribution < 1.29 is 14.3 Å². The highest BCUT2D eigenvalue weighted by Crippen LogP contribution is 2.22. The molecule has 0 aliphatic carbocycles. The van der Waals surface area contributed by atoms with Gasteiger partial charge in [-0.25, -0.2) is 0 Å². The first-order valence-corrected chi connectivity index (χ1v) is 8.80. The predicted molar refractivity (Wildman–Crippen MR) is 104 cm³/mol. The summed E-state index contributed by atoms with van der Waals surface area (Å²) in [7, 11) is 0. The standard InChI is InChI=1S/C21H21N3O3/c1-3-26-18-10-8-15(9-11-18)21(25)22-17-7-5-6-16(14-17)19-12-13-20(24-23-19)27-4-2/h5-14H,3-4H2,1-2H3,(H,22,25). The number of rotatable bonds is 7. The van der Waals surface area contributed by atoms with Crippen molar-refractivity contribution in [1.29, 1.82) is 0 Å². The molecule has 6 nitrogen and oxygen atoms in total. The maximum absolute atomic E-state index is 12.5. The Morgan fingerprint density at radius 3 is 2.37 bits per heavy atom. The Kier molecular flexibility index (Phi) is 5.99. The number of nitrogens with zero attached hydrogens (tertiary/aromatic N) is 2. The summed E-state index contributed by atoms with van der Waals surface area (Å²) in [5, 5.41) is 11.1. The average molecular weight is 363 g/mol. The number of aromatic nitrogens is 2. The van der Waals surface area contributed by atoms with Gasteiger partial charge in [-0.1, -0.05) is 12.1 Å². The number of carbonyl (C=O) groups excluding carboxylic acids is 1. The smallest absolute Gasteiger partial charge is 0.255 e. The van der Waals surface area contributed by atoms with Crippen LogP contribution in [0.1, 0.15) is 24.2 Å². The van der Waals surface area contributed by atoms with E-state index < -0.39 is 0 Å². The van der Waals surface area contributed by atoms with Gasteiger partial charge in [-0.3, -0.25) is 4.79 Å². The molecule has 2 aromatic carbocycles. The monoisotopic (exact) mass is 363 g/mol. The molecule has 6 heteroatoms. The molecule has 0 aliphatic heterocycles. The van der Waals surface area contributed by atoms with E-state index >= 15 is 0 Å². The van der Waals surface area contributed by atoms with Gasteiger partial charge < -0.3 is 14.8 Å². The van der Waals surface area contributed by atoms with Crippen molar-refractivity contribution >= 4 is 11.6 Å². The lowest BCUT2D eigenvalue weighted by Gasteiger charge is -2.08. The molecular formula is C21H21N3O3. The fraction of sp³-hybridized carbons (Fsp3) is 0.190. The summed E-state index contributed by atoms with van der Waals surface area (Å²) in [4.78, 5) is 12.5. The van der Waals surface area contributed by atoms with Crippen LogP contribution in [0, 0.1) is 0 Å². The zero-order valence-electron chi connectivity index (χ0n) is 15.3. The number of nitrogens with one attached hydrogen (secondary N) is 1. The minimum absolute atomic E-state index is 0.187. The molecule has 0 spiro atoms. The fourth-order valence-corrected chi connectivity index (χ4v) is 2.53. The van der Waals surface area contributed by atoms with Crippen LogP contribution in [0.15, 0.2) is 60.7 Å². The van der Waals surface area contributed by atoms with Gasteiger partial charge in [-0.15, -0.1) is 10.2 Å². The van der Waals surface area contributed by atoms with Crippen molar-refractivity contribution in [1.82, 2.24) is 10.2 Å². The third kappa shape index (κ3) is 4.82. The Labute approximate surface area is 158 Å². The molecule has 0 aliphatic rings. The van der Waals surface area contributed by atoms with Crippen LogP contribution in [0.2, 0.25) is 0 Å². The number of anilines is 1. The quantitative estimate of drug-likeness (QED) is 0.681. The number of hydrogen-bond donors (Lipinski definition) is 1. The second-order valence-corrected chi connectivity index (χ2v) is 5.68. The molecule has 0 bridgehead atoms. The molecule has 3 rings (SSSR count). The molecule has 1 amide bonds. The van der Waals surface area contributed by atoms with Crippen LogP contribution in [0.3, 0.4) is 0 Å². The third-order valence-corrected chi connectivity index (χ3v) is 3.78. The Morgan fingerprint density at radius 2 is 1.70 bits per heavy atom. The Morgan fingerprint density at radius 1 is 0.926 bits per heavy atom. The normalized spacial score (nSPS) is 10.3. The summed E-state index contributed by atoms with van der Waals surface area (Å²) >= 11 is 0. The van der Waals surface area contributed by atoms with Crippen LogP contribution in [0.25, 0.3) is 11.3 Å². The van der Waals surface area contributed by atoms with Crippen molar-refractivity contribution in [2.75, 3.05) is 18.5 Å². The molecule has 1 N–H and O–H groups in total. The topological polar surface area (TPSA) is 73.3 Å². The van der Waals surface area contributed by atoms with Gasteiger partial charge in [-0.2, -0.15) is 0 Å². The lowest BCUT2D eigenvalue weighted by Crippen LogP contribution is -2.11. The van der Waals surface area contributed by atoms with Crippen molar-refractivity contribution in [2.24, 2.45) is 0 Å². The molecule has 3 aromatic rings. The van der Waals surface area contributed by atoms with E-state index in [0.717, 1.165) is 11.3 Å². The van der Waals surface area contributed by atoms with Gasteiger partial charge in [0.15, 0.2) is 0 Å². The van der Waals surface area contributed by atoms with Crippen LogP contribution < -0.4 is 14.8 Å². The van der Waals surface area contributed by atoms with Crippen molar-refractivity contribution in [3.05, 3.63) is 66.2 Å². The second-order valence-electron chi connectivity index (χ2n) is 5.68. The van der Waals surface area contributed by atoms with Gasteiger partial charge in [0.05, 0.1) is 18.9 Å².